The van der Waals surface area contributed by atoms with Crippen molar-refractivity contribution < 1.29 is 0 Å². The van der Waals surface area contributed by atoms with E-state index < -0.39 is 0 Å². The highest BCUT2D eigenvalue weighted by Crippen LogP contribution is 2.27. The van der Waals surface area contributed by atoms with Crippen LogP contribution in [-0.2, 0) is 0 Å². The fourth-order valence-electron chi connectivity index (χ4n) is 1.64. The maximum atomic E-state index is 3.66. The lowest BCUT2D eigenvalue weighted by atomic mass is 9.93. The first kappa shape index (κ1) is 10.8. The summed E-state index contributed by atoms with van der Waals surface area (Å²) in [6, 6.07) is 8.85. The van der Waals surface area contributed by atoms with Crippen molar-refractivity contribution in [3.05, 3.63) is 35.4 Å². The normalized spacial score (nSPS) is 15.4. The molecule has 0 bridgehead atoms. The molecule has 2 unspecified atom stereocenters. The van der Waals surface area contributed by atoms with Crippen molar-refractivity contribution in [1.29, 1.82) is 0 Å². The fourth-order valence-corrected chi connectivity index (χ4v) is 2.32. The van der Waals surface area contributed by atoms with E-state index in [9.17, 15) is 0 Å². The lowest BCUT2D eigenvalue weighted by molar-refractivity contribution is 0.663. The van der Waals surface area contributed by atoms with Gasteiger partial charge in [-0.3, -0.25) is 0 Å². The minimum absolute atomic E-state index is 0.556. The van der Waals surface area contributed by atoms with E-state index in [2.05, 4.69) is 61.0 Å². The molecular formula is C12H17Br. The van der Waals surface area contributed by atoms with Crippen molar-refractivity contribution in [1.82, 2.24) is 0 Å². The molecule has 1 aromatic rings. The van der Waals surface area contributed by atoms with Gasteiger partial charge in [-0.15, -0.1) is 0 Å². The van der Waals surface area contributed by atoms with Crippen molar-refractivity contribution >= 4 is 15.9 Å². The van der Waals surface area contributed by atoms with Gasteiger partial charge in [-0.1, -0.05) is 59.6 Å². The maximum Gasteiger partial charge on any atom is 0.0186 e. The van der Waals surface area contributed by atoms with Crippen molar-refractivity contribution in [3.63, 3.8) is 0 Å². The average molecular weight is 241 g/mol. The van der Waals surface area contributed by atoms with E-state index in [0.717, 1.165) is 0 Å². The Morgan fingerprint density at radius 3 is 2.15 bits per heavy atom. The van der Waals surface area contributed by atoms with Gasteiger partial charge >= 0.3 is 0 Å². The molecule has 0 aliphatic rings. The van der Waals surface area contributed by atoms with Gasteiger partial charge in [0.25, 0.3) is 0 Å². The van der Waals surface area contributed by atoms with Crippen molar-refractivity contribution in [2.24, 2.45) is 0 Å². The smallest absolute Gasteiger partial charge is 0.0186 e. The molecule has 0 spiro atoms. The Morgan fingerprint density at radius 1 is 1.23 bits per heavy atom. The van der Waals surface area contributed by atoms with Crippen LogP contribution in [-0.4, -0.2) is 4.83 Å². The lowest BCUT2D eigenvalue weighted by Gasteiger charge is -2.18. The van der Waals surface area contributed by atoms with Crippen LogP contribution in [0.5, 0.6) is 0 Å². The number of rotatable bonds is 3. The van der Waals surface area contributed by atoms with Crippen LogP contribution in [0.3, 0.4) is 0 Å². The molecule has 1 aromatic carbocycles. The second-order valence-corrected chi connectivity index (χ2v) is 5.05. The molecule has 0 fully saturated rings. The Balaban J connectivity index is 2.86. The fraction of sp³-hybridized carbons (Fsp3) is 0.500. The second kappa shape index (κ2) is 4.80. The van der Waals surface area contributed by atoms with E-state index >= 15 is 0 Å². The quantitative estimate of drug-likeness (QED) is 0.693. The summed E-state index contributed by atoms with van der Waals surface area (Å²) in [6.07, 6.45) is 1.19. The van der Waals surface area contributed by atoms with Gasteiger partial charge in [0.15, 0.2) is 0 Å². The Morgan fingerprint density at radius 2 is 1.77 bits per heavy atom. The summed E-state index contributed by atoms with van der Waals surface area (Å²) in [4.78, 5) is 0.556. The summed E-state index contributed by atoms with van der Waals surface area (Å²) < 4.78 is 0. The predicted octanol–water partition coefficient (Wildman–Crippen LogP) is 4.27. The summed E-state index contributed by atoms with van der Waals surface area (Å²) in [5.41, 5.74) is 2.78. The predicted molar refractivity (Wildman–Crippen MR) is 62.6 cm³/mol. The molecule has 0 saturated carbocycles. The number of hydrogen-bond acceptors (Lipinski definition) is 0. The van der Waals surface area contributed by atoms with Gasteiger partial charge in [-0.25, -0.2) is 0 Å². The van der Waals surface area contributed by atoms with Gasteiger partial charge < -0.3 is 0 Å². The Hall–Kier alpha value is -0.300. The topological polar surface area (TPSA) is 0 Å². The summed E-state index contributed by atoms with van der Waals surface area (Å²) in [5.74, 6) is 0.639. The molecule has 0 N–H and O–H groups in total. The van der Waals surface area contributed by atoms with Gasteiger partial charge in [0.1, 0.15) is 0 Å². The minimum Gasteiger partial charge on any atom is -0.0887 e. The maximum absolute atomic E-state index is 3.66. The summed E-state index contributed by atoms with van der Waals surface area (Å²) >= 11 is 3.66. The summed E-state index contributed by atoms with van der Waals surface area (Å²) in [6.45, 7) is 6.58. The third kappa shape index (κ3) is 2.84. The van der Waals surface area contributed by atoms with E-state index in [1.165, 1.54) is 17.5 Å². The van der Waals surface area contributed by atoms with Crippen LogP contribution in [0.25, 0.3) is 0 Å². The molecule has 1 rings (SSSR count). The molecular weight excluding hydrogens is 224 g/mol. The van der Waals surface area contributed by atoms with Crippen LogP contribution in [0.2, 0.25) is 0 Å². The number of aryl methyl sites for hydroxylation is 1. The molecule has 0 heterocycles. The van der Waals surface area contributed by atoms with Crippen LogP contribution in [0.1, 0.15) is 37.3 Å². The van der Waals surface area contributed by atoms with Gasteiger partial charge in [0, 0.05) is 4.83 Å². The zero-order valence-corrected chi connectivity index (χ0v) is 10.1. The van der Waals surface area contributed by atoms with Crippen molar-refractivity contribution in [2.75, 3.05) is 0 Å². The van der Waals surface area contributed by atoms with Gasteiger partial charge in [-0.2, -0.15) is 0 Å². The Kier molecular flexibility index (Phi) is 3.98. The summed E-state index contributed by atoms with van der Waals surface area (Å²) in [7, 11) is 0. The van der Waals surface area contributed by atoms with E-state index in [4.69, 9.17) is 0 Å². The summed E-state index contributed by atoms with van der Waals surface area (Å²) in [5, 5.41) is 0. The molecule has 0 nitrogen and oxygen atoms in total. The highest BCUT2D eigenvalue weighted by molar-refractivity contribution is 9.09. The second-order valence-electron chi connectivity index (χ2n) is 3.60. The third-order valence-corrected chi connectivity index (χ3v) is 3.14. The van der Waals surface area contributed by atoms with Gasteiger partial charge in [-0.05, 0) is 24.8 Å². The average Bonchev–Trinajstić information content (AvgIpc) is 2.09. The zero-order chi connectivity index (χ0) is 9.84. The van der Waals surface area contributed by atoms with Crippen LogP contribution >= 0.6 is 15.9 Å². The van der Waals surface area contributed by atoms with Gasteiger partial charge in [0.2, 0.25) is 0 Å². The van der Waals surface area contributed by atoms with E-state index in [1.807, 2.05) is 0 Å². The molecule has 0 radical (unpaired) electrons. The standard InChI is InChI=1S/C12H17Br/c1-4-12(10(3)13)11-7-5-9(2)6-8-11/h5-8,10,12H,4H2,1-3H3. The molecule has 72 valence electrons. The van der Waals surface area contributed by atoms with E-state index in [-0.39, 0.29) is 0 Å². The monoisotopic (exact) mass is 240 g/mol. The lowest BCUT2D eigenvalue weighted by Crippen LogP contribution is -2.07. The van der Waals surface area contributed by atoms with E-state index in [1.54, 1.807) is 0 Å². The van der Waals surface area contributed by atoms with Gasteiger partial charge in [0.05, 0.1) is 0 Å². The molecule has 2 atom stereocenters. The zero-order valence-electron chi connectivity index (χ0n) is 8.55. The number of benzene rings is 1. The van der Waals surface area contributed by atoms with Crippen LogP contribution < -0.4 is 0 Å². The van der Waals surface area contributed by atoms with Crippen LogP contribution in [0, 0.1) is 6.92 Å². The minimum atomic E-state index is 0.556. The molecule has 0 saturated heterocycles. The Labute approximate surface area is 89.5 Å². The van der Waals surface area contributed by atoms with Crippen molar-refractivity contribution in [2.45, 2.75) is 37.9 Å². The largest absolute Gasteiger partial charge is 0.0887 e. The first-order valence-corrected chi connectivity index (χ1v) is 5.77. The van der Waals surface area contributed by atoms with Crippen LogP contribution in [0.4, 0.5) is 0 Å². The molecule has 13 heavy (non-hydrogen) atoms. The highest BCUT2D eigenvalue weighted by Gasteiger charge is 2.13. The SMILES string of the molecule is CCC(c1ccc(C)cc1)C(C)Br. The van der Waals surface area contributed by atoms with Crippen molar-refractivity contribution in [3.8, 4) is 0 Å². The third-order valence-electron chi connectivity index (χ3n) is 2.50. The van der Waals surface area contributed by atoms with Crippen LogP contribution in [0.15, 0.2) is 24.3 Å². The number of halogens is 1. The highest BCUT2D eigenvalue weighted by atomic mass is 79.9. The molecule has 1 heteroatoms. The molecule has 0 aliphatic carbocycles. The first-order valence-electron chi connectivity index (χ1n) is 4.85. The molecule has 0 aliphatic heterocycles. The first-order chi connectivity index (χ1) is 6.15. The Bertz CT molecular complexity index is 248. The van der Waals surface area contributed by atoms with E-state index in [0.29, 0.717) is 10.7 Å². The number of alkyl halides is 1. The number of hydrogen-bond donors (Lipinski definition) is 0. The molecule has 0 aromatic heterocycles. The molecule has 0 amide bonds.